The van der Waals surface area contributed by atoms with Gasteiger partial charge in [0, 0.05) is 21.1 Å². The molecule has 3 atom stereocenters. The van der Waals surface area contributed by atoms with E-state index in [9.17, 15) is 0 Å². The van der Waals surface area contributed by atoms with Gasteiger partial charge in [0.05, 0.1) is 0 Å². The van der Waals surface area contributed by atoms with Crippen molar-refractivity contribution in [3.63, 3.8) is 0 Å². The molecule has 2 aliphatic carbocycles. The first-order chi connectivity index (χ1) is 9.68. The summed E-state index contributed by atoms with van der Waals surface area (Å²) in [6.07, 6.45) is 7.11. The number of benzene rings is 1. The van der Waals surface area contributed by atoms with Gasteiger partial charge in [0.15, 0.2) is 0 Å². The maximum Gasteiger partial charge on any atom is 0.0444 e. The third kappa shape index (κ3) is 2.73. The number of halogens is 3. The first kappa shape index (κ1) is 15.4. The van der Waals surface area contributed by atoms with E-state index < -0.39 is 0 Å². The normalized spacial score (nSPS) is 29.1. The van der Waals surface area contributed by atoms with E-state index in [1.165, 1.54) is 37.7 Å². The Bertz CT molecular complexity index is 470. The molecular weight excluding hydrogens is 399 g/mol. The van der Waals surface area contributed by atoms with E-state index >= 15 is 0 Å². The molecule has 2 aliphatic rings. The van der Waals surface area contributed by atoms with E-state index in [2.05, 4.69) is 44.0 Å². The first-order valence-corrected chi connectivity index (χ1v) is 10.2. The van der Waals surface area contributed by atoms with Gasteiger partial charge in [-0.3, -0.25) is 0 Å². The quantitative estimate of drug-likeness (QED) is 0.498. The summed E-state index contributed by atoms with van der Waals surface area (Å²) in [4.78, 5) is 0. The van der Waals surface area contributed by atoms with Crippen molar-refractivity contribution < 1.29 is 0 Å². The Morgan fingerprint density at radius 1 is 1.10 bits per heavy atom. The maximum absolute atomic E-state index is 6.49. The Balaban J connectivity index is 1.86. The van der Waals surface area contributed by atoms with Crippen LogP contribution < -0.4 is 0 Å². The summed E-state index contributed by atoms with van der Waals surface area (Å²) in [6.45, 7) is 0. The number of alkyl halides is 2. The lowest BCUT2D eigenvalue weighted by molar-refractivity contribution is 0.266. The Labute approximate surface area is 143 Å². The molecule has 0 saturated heterocycles. The number of rotatable bonds is 5. The van der Waals surface area contributed by atoms with Crippen LogP contribution in [0.5, 0.6) is 0 Å². The lowest BCUT2D eigenvalue weighted by atomic mass is 9.72. The minimum atomic E-state index is 0.132. The zero-order chi connectivity index (χ0) is 14.2. The van der Waals surface area contributed by atoms with E-state index in [-0.39, 0.29) is 5.41 Å². The first-order valence-electron chi connectivity index (χ1n) is 7.55. The minimum Gasteiger partial charge on any atom is -0.0918 e. The van der Waals surface area contributed by atoms with Crippen molar-refractivity contribution in [2.24, 2.45) is 17.8 Å². The predicted octanol–water partition coefficient (Wildman–Crippen LogP) is 6.19. The van der Waals surface area contributed by atoms with Crippen LogP contribution in [0, 0.1) is 17.8 Å². The van der Waals surface area contributed by atoms with Gasteiger partial charge in [0.2, 0.25) is 0 Å². The fourth-order valence-electron chi connectivity index (χ4n) is 4.42. The highest BCUT2D eigenvalue weighted by Gasteiger charge is 2.44. The molecular formula is C17H21Br2Cl. The monoisotopic (exact) mass is 418 g/mol. The number of hydrogen-bond acceptors (Lipinski definition) is 0. The summed E-state index contributed by atoms with van der Waals surface area (Å²) in [6, 6.07) is 8.37. The highest BCUT2D eigenvalue weighted by Crippen LogP contribution is 2.53. The molecule has 110 valence electrons. The zero-order valence-corrected chi connectivity index (χ0v) is 15.6. The second kappa shape index (κ2) is 6.30. The third-order valence-electron chi connectivity index (χ3n) is 5.49. The highest BCUT2D eigenvalue weighted by molar-refractivity contribution is 9.09. The van der Waals surface area contributed by atoms with Gasteiger partial charge in [-0.15, -0.1) is 0 Å². The topological polar surface area (TPSA) is 0 Å². The zero-order valence-electron chi connectivity index (χ0n) is 11.6. The molecule has 0 aromatic heterocycles. The van der Waals surface area contributed by atoms with Crippen LogP contribution in [-0.4, -0.2) is 10.7 Å². The van der Waals surface area contributed by atoms with Gasteiger partial charge in [-0.25, -0.2) is 0 Å². The molecule has 2 bridgehead atoms. The van der Waals surface area contributed by atoms with E-state index in [1.807, 2.05) is 12.1 Å². The average molecular weight is 421 g/mol. The molecule has 3 heteroatoms. The smallest absolute Gasteiger partial charge is 0.0444 e. The van der Waals surface area contributed by atoms with Crippen molar-refractivity contribution in [2.45, 2.75) is 37.5 Å². The largest absolute Gasteiger partial charge is 0.0918 e. The van der Waals surface area contributed by atoms with Gasteiger partial charge >= 0.3 is 0 Å². The SMILES string of the molecule is Clc1ccccc1C(CBr)(CBr)CC1CC2CCC1C2. The lowest BCUT2D eigenvalue weighted by Crippen LogP contribution is -2.34. The van der Waals surface area contributed by atoms with E-state index in [0.29, 0.717) is 0 Å². The minimum absolute atomic E-state index is 0.132. The molecule has 1 aromatic carbocycles. The highest BCUT2D eigenvalue weighted by atomic mass is 79.9. The van der Waals surface area contributed by atoms with Gasteiger partial charge in [-0.05, 0) is 55.1 Å². The molecule has 0 spiro atoms. The summed E-state index contributed by atoms with van der Waals surface area (Å²) in [7, 11) is 0. The molecule has 0 radical (unpaired) electrons. The standard InChI is InChI=1S/C17H21Br2Cl/c18-10-17(11-19,15-3-1-2-4-16(15)20)9-14-8-12-5-6-13(14)7-12/h1-4,12-14H,5-11H2. The molecule has 2 fully saturated rings. The van der Waals surface area contributed by atoms with Crippen LogP contribution in [0.2, 0.25) is 5.02 Å². The molecule has 0 heterocycles. The van der Waals surface area contributed by atoms with E-state index in [4.69, 9.17) is 11.6 Å². The molecule has 0 N–H and O–H groups in total. The molecule has 0 amide bonds. The average Bonchev–Trinajstić information content (AvgIpc) is 3.08. The molecule has 3 unspecified atom stereocenters. The van der Waals surface area contributed by atoms with Gasteiger partial charge in [0.1, 0.15) is 0 Å². The van der Waals surface area contributed by atoms with Crippen molar-refractivity contribution in [3.05, 3.63) is 34.9 Å². The van der Waals surface area contributed by atoms with Crippen LogP contribution in [0.25, 0.3) is 0 Å². The van der Waals surface area contributed by atoms with Crippen molar-refractivity contribution in [3.8, 4) is 0 Å². The van der Waals surface area contributed by atoms with E-state index in [1.54, 1.807) is 0 Å². The molecule has 3 rings (SSSR count). The molecule has 2 saturated carbocycles. The van der Waals surface area contributed by atoms with Gasteiger partial charge in [0.25, 0.3) is 0 Å². The third-order valence-corrected chi connectivity index (χ3v) is 7.97. The summed E-state index contributed by atoms with van der Waals surface area (Å²) < 4.78 is 0. The van der Waals surface area contributed by atoms with Crippen LogP contribution in [0.15, 0.2) is 24.3 Å². The fraction of sp³-hybridized carbons (Fsp3) is 0.647. The van der Waals surface area contributed by atoms with Crippen molar-refractivity contribution in [2.75, 3.05) is 10.7 Å². The Morgan fingerprint density at radius 2 is 1.85 bits per heavy atom. The van der Waals surface area contributed by atoms with Crippen LogP contribution >= 0.6 is 43.5 Å². The summed E-state index contributed by atoms with van der Waals surface area (Å²) >= 11 is 14.0. The molecule has 0 nitrogen and oxygen atoms in total. The Hall–Kier alpha value is 0.470. The van der Waals surface area contributed by atoms with Crippen molar-refractivity contribution in [1.82, 2.24) is 0 Å². The second-order valence-corrected chi connectivity index (χ2v) is 8.20. The van der Waals surface area contributed by atoms with E-state index in [0.717, 1.165) is 33.4 Å². The van der Waals surface area contributed by atoms with Gasteiger partial charge in [-0.2, -0.15) is 0 Å². The van der Waals surface area contributed by atoms with Crippen molar-refractivity contribution in [1.29, 1.82) is 0 Å². The van der Waals surface area contributed by atoms with Crippen molar-refractivity contribution >= 4 is 43.5 Å². The van der Waals surface area contributed by atoms with Crippen LogP contribution in [-0.2, 0) is 5.41 Å². The summed E-state index contributed by atoms with van der Waals surface area (Å²) in [5.74, 6) is 2.87. The van der Waals surface area contributed by atoms with Crippen LogP contribution in [0.1, 0.15) is 37.7 Å². The summed E-state index contributed by atoms with van der Waals surface area (Å²) in [5.41, 5.74) is 1.44. The van der Waals surface area contributed by atoms with Gasteiger partial charge < -0.3 is 0 Å². The molecule has 20 heavy (non-hydrogen) atoms. The Kier molecular flexibility index (Phi) is 4.84. The fourth-order valence-corrected chi connectivity index (χ4v) is 6.75. The van der Waals surface area contributed by atoms with Crippen LogP contribution in [0.4, 0.5) is 0 Å². The number of fused-ring (bicyclic) bond motifs is 2. The predicted molar refractivity (Wildman–Crippen MR) is 94.3 cm³/mol. The maximum atomic E-state index is 6.49. The van der Waals surface area contributed by atoms with Crippen LogP contribution in [0.3, 0.4) is 0 Å². The summed E-state index contributed by atoms with van der Waals surface area (Å²) in [5, 5.41) is 2.86. The second-order valence-electron chi connectivity index (χ2n) is 6.67. The Morgan fingerprint density at radius 3 is 2.40 bits per heavy atom. The lowest BCUT2D eigenvalue weighted by Gasteiger charge is -2.36. The molecule has 1 aromatic rings. The van der Waals surface area contributed by atoms with Gasteiger partial charge in [-0.1, -0.05) is 68.1 Å². The molecule has 0 aliphatic heterocycles. The number of hydrogen-bond donors (Lipinski definition) is 0.